The first-order valence-corrected chi connectivity index (χ1v) is 17.1. The Kier molecular flexibility index (Phi) is 12.4. The van der Waals surface area contributed by atoms with Crippen LogP contribution in [0.1, 0.15) is 109 Å². The molecule has 10 nitrogen and oxygen atoms in total. The summed E-state index contributed by atoms with van der Waals surface area (Å²) >= 11 is 0. The van der Waals surface area contributed by atoms with Crippen molar-refractivity contribution in [1.82, 2.24) is 14.6 Å². The van der Waals surface area contributed by atoms with Crippen molar-refractivity contribution < 1.29 is 38.0 Å². The maximum Gasteiger partial charge on any atom is 0.340 e. The maximum atomic E-state index is 13.8. The normalized spacial score (nSPS) is 16.3. The van der Waals surface area contributed by atoms with Gasteiger partial charge in [-0.1, -0.05) is 0 Å². The number of phenolic OH excluding ortho intramolecular Hbond substituents is 1. The number of aromatic nitrogens is 3. The van der Waals surface area contributed by atoms with E-state index >= 15 is 0 Å². The number of carbonyl (C=O) groups excluding carboxylic acids is 1. The number of aliphatic hydroxyl groups is 1. The van der Waals surface area contributed by atoms with E-state index in [4.69, 9.17) is 24.3 Å². The fourth-order valence-electron chi connectivity index (χ4n) is 6.13. The zero-order valence-electron chi connectivity index (χ0n) is 29.4. The monoisotopic (exact) mass is 674 g/mol. The Morgan fingerprint density at radius 2 is 1.77 bits per heavy atom. The molecule has 0 spiro atoms. The first-order valence-electron chi connectivity index (χ1n) is 17.1. The number of carbonyl (C=O) groups is 1. The fourth-order valence-corrected chi connectivity index (χ4v) is 6.13. The highest BCUT2D eigenvalue weighted by molar-refractivity contribution is 5.80. The Morgan fingerprint density at radius 3 is 2.42 bits per heavy atom. The van der Waals surface area contributed by atoms with E-state index in [1.54, 1.807) is 18.4 Å². The van der Waals surface area contributed by atoms with Crippen LogP contribution in [0, 0.1) is 18.6 Å². The van der Waals surface area contributed by atoms with Gasteiger partial charge in [-0.2, -0.15) is 9.61 Å². The highest BCUT2D eigenvalue weighted by atomic mass is 19.2. The van der Waals surface area contributed by atoms with Gasteiger partial charge in [-0.15, -0.1) is 0 Å². The Bertz CT molecular complexity index is 1550. The zero-order valence-corrected chi connectivity index (χ0v) is 29.4. The number of phenols is 1. The molecule has 2 N–H and O–H groups in total. The van der Waals surface area contributed by atoms with Crippen molar-refractivity contribution >= 4 is 17.4 Å². The molecule has 1 aliphatic heterocycles. The van der Waals surface area contributed by atoms with Crippen LogP contribution in [0.5, 0.6) is 5.75 Å². The van der Waals surface area contributed by atoms with Gasteiger partial charge in [0.1, 0.15) is 11.6 Å². The molecule has 1 fully saturated rings. The standard InChI is InChI=1S/C36H52F2N4O6/c1-8-46-34(45)32(48-35(4,5)6)31-24(3)39-30-21-26(14-11-13-25-20-27(37)28(38)22-29(25)44)40-42(30)33(31)41-17-15-36(7,16-18-41)47-19-10-9-12-23(2)43/h20-23,32,43-44H,8-19H2,1-7H3/t23-,32?/m1/s1. The van der Waals surface area contributed by atoms with Gasteiger partial charge < -0.3 is 29.3 Å². The smallest absolute Gasteiger partial charge is 0.340 e. The topological polar surface area (TPSA) is 119 Å². The zero-order chi connectivity index (χ0) is 35.2. The lowest BCUT2D eigenvalue weighted by Gasteiger charge is -2.41. The largest absolute Gasteiger partial charge is 0.508 e. The van der Waals surface area contributed by atoms with Crippen LogP contribution in [0.4, 0.5) is 14.6 Å². The summed E-state index contributed by atoms with van der Waals surface area (Å²) in [4.78, 5) is 20.6. The van der Waals surface area contributed by atoms with Crippen molar-refractivity contribution in [2.75, 3.05) is 31.2 Å². The van der Waals surface area contributed by atoms with Crippen LogP contribution in [0.3, 0.4) is 0 Å². The summed E-state index contributed by atoms with van der Waals surface area (Å²) in [5.41, 5.74) is 1.91. The average molecular weight is 675 g/mol. The molecule has 2 aromatic heterocycles. The van der Waals surface area contributed by atoms with Crippen LogP contribution in [-0.2, 0) is 31.8 Å². The number of piperidine rings is 1. The van der Waals surface area contributed by atoms with Gasteiger partial charge in [0.15, 0.2) is 23.4 Å². The Balaban J connectivity index is 1.65. The predicted octanol–water partition coefficient (Wildman–Crippen LogP) is 6.54. The molecule has 0 aliphatic carbocycles. The minimum atomic E-state index is -1.09. The number of anilines is 1. The number of esters is 1. The molecular formula is C36H52F2N4O6. The molecule has 1 aromatic carbocycles. The van der Waals surface area contributed by atoms with Gasteiger partial charge in [0.2, 0.25) is 0 Å². The second kappa shape index (κ2) is 15.9. The van der Waals surface area contributed by atoms with Crippen molar-refractivity contribution in [3.8, 4) is 5.75 Å². The van der Waals surface area contributed by atoms with Gasteiger partial charge in [0.25, 0.3) is 0 Å². The number of rotatable bonds is 15. The Morgan fingerprint density at radius 1 is 1.08 bits per heavy atom. The van der Waals surface area contributed by atoms with Crippen molar-refractivity contribution in [2.24, 2.45) is 0 Å². The number of ether oxygens (including phenoxy) is 3. The molecule has 0 amide bonds. The molecule has 4 rings (SSSR count). The maximum absolute atomic E-state index is 13.8. The van der Waals surface area contributed by atoms with Crippen LogP contribution in [0.2, 0.25) is 0 Å². The lowest BCUT2D eigenvalue weighted by Crippen LogP contribution is -2.46. The molecule has 48 heavy (non-hydrogen) atoms. The highest BCUT2D eigenvalue weighted by Crippen LogP contribution is 2.38. The molecule has 266 valence electrons. The minimum Gasteiger partial charge on any atom is -0.508 e. The molecule has 3 heterocycles. The Hall–Kier alpha value is -3.35. The van der Waals surface area contributed by atoms with Crippen LogP contribution >= 0.6 is 0 Å². The molecule has 12 heteroatoms. The lowest BCUT2D eigenvalue weighted by atomic mass is 9.92. The molecule has 0 radical (unpaired) electrons. The summed E-state index contributed by atoms with van der Waals surface area (Å²) in [6, 6.07) is 3.71. The summed E-state index contributed by atoms with van der Waals surface area (Å²) < 4.78 is 47.3. The number of aryl methyl sites for hydroxylation is 3. The number of benzene rings is 1. The lowest BCUT2D eigenvalue weighted by molar-refractivity contribution is -0.166. The quantitative estimate of drug-likeness (QED) is 0.137. The number of nitrogens with zero attached hydrogens (tertiary/aromatic N) is 4. The van der Waals surface area contributed by atoms with E-state index in [2.05, 4.69) is 11.8 Å². The number of aromatic hydroxyl groups is 1. The van der Waals surface area contributed by atoms with E-state index in [9.17, 15) is 23.8 Å². The molecule has 1 unspecified atom stereocenters. The van der Waals surface area contributed by atoms with Crippen LogP contribution < -0.4 is 4.90 Å². The summed E-state index contributed by atoms with van der Waals surface area (Å²) in [6.07, 6.45) is 4.05. The van der Waals surface area contributed by atoms with Crippen LogP contribution in [-0.4, -0.2) is 74.4 Å². The van der Waals surface area contributed by atoms with Crippen LogP contribution in [0.25, 0.3) is 5.65 Å². The summed E-state index contributed by atoms with van der Waals surface area (Å²) in [5.74, 6) is -2.16. The van der Waals surface area contributed by atoms with Gasteiger partial charge in [-0.25, -0.2) is 18.6 Å². The average Bonchev–Trinajstić information content (AvgIpc) is 3.40. The van der Waals surface area contributed by atoms with E-state index in [0.29, 0.717) is 67.2 Å². The number of hydrogen-bond acceptors (Lipinski definition) is 9. The summed E-state index contributed by atoms with van der Waals surface area (Å²) in [6.45, 7) is 15.3. The first-order chi connectivity index (χ1) is 22.6. The van der Waals surface area contributed by atoms with Gasteiger partial charge in [-0.3, -0.25) is 0 Å². The number of hydrogen-bond donors (Lipinski definition) is 2. The molecule has 1 aliphatic rings. The van der Waals surface area contributed by atoms with Gasteiger partial charge >= 0.3 is 5.97 Å². The third kappa shape index (κ3) is 9.63. The van der Waals surface area contributed by atoms with Crippen molar-refractivity contribution in [1.29, 1.82) is 0 Å². The van der Waals surface area contributed by atoms with Crippen molar-refractivity contribution in [3.05, 3.63) is 52.3 Å². The van der Waals surface area contributed by atoms with Gasteiger partial charge in [0, 0.05) is 37.5 Å². The van der Waals surface area contributed by atoms with E-state index in [0.717, 1.165) is 49.9 Å². The molecular weight excluding hydrogens is 622 g/mol. The second-order valence-corrected chi connectivity index (χ2v) is 14.1. The van der Waals surface area contributed by atoms with Gasteiger partial charge in [-0.05, 0) is 111 Å². The molecule has 1 saturated heterocycles. The van der Waals surface area contributed by atoms with Gasteiger partial charge in [0.05, 0.1) is 35.2 Å². The predicted molar refractivity (Wildman–Crippen MR) is 179 cm³/mol. The van der Waals surface area contributed by atoms with E-state index in [-0.39, 0.29) is 24.1 Å². The third-order valence-corrected chi connectivity index (χ3v) is 8.68. The number of aliphatic hydroxyl groups excluding tert-OH is 1. The van der Waals surface area contributed by atoms with E-state index in [1.807, 2.05) is 33.8 Å². The number of fused-ring (bicyclic) bond motifs is 1. The second-order valence-electron chi connectivity index (χ2n) is 14.1. The summed E-state index contributed by atoms with van der Waals surface area (Å²) in [7, 11) is 0. The van der Waals surface area contributed by atoms with Crippen molar-refractivity contribution in [2.45, 2.75) is 123 Å². The molecule has 0 saturated carbocycles. The molecule has 2 atom stereocenters. The molecule has 0 bridgehead atoms. The number of unbranched alkanes of at least 4 members (excludes halogenated alkanes) is 1. The Labute approximate surface area is 282 Å². The summed E-state index contributed by atoms with van der Waals surface area (Å²) in [5, 5.41) is 24.6. The van der Waals surface area contributed by atoms with Crippen molar-refractivity contribution in [3.63, 3.8) is 0 Å². The molecule has 3 aromatic rings. The van der Waals surface area contributed by atoms with E-state index < -0.39 is 29.3 Å². The van der Waals surface area contributed by atoms with Crippen LogP contribution in [0.15, 0.2) is 18.2 Å². The first kappa shape index (κ1) is 37.5. The number of halogens is 2. The van der Waals surface area contributed by atoms with E-state index in [1.165, 1.54) is 0 Å². The minimum absolute atomic E-state index is 0.197. The third-order valence-electron chi connectivity index (χ3n) is 8.68. The SMILES string of the molecule is CCOC(=O)C(OC(C)(C)C)c1c(C)nc2cc(CCCc3cc(F)c(F)cc3O)nn2c1N1CCC(C)(OCCCC[C@@H](C)O)CC1. The fraction of sp³-hybridized carbons (Fsp3) is 0.639. The highest BCUT2D eigenvalue weighted by Gasteiger charge is 2.38.